The molecule has 1 fully saturated rings. The lowest BCUT2D eigenvalue weighted by molar-refractivity contribution is -0.127. The minimum absolute atomic E-state index is 0.122. The van der Waals surface area contributed by atoms with Crippen LogP contribution in [0.5, 0.6) is 0 Å². The summed E-state index contributed by atoms with van der Waals surface area (Å²) in [6, 6.07) is 5.60. The summed E-state index contributed by atoms with van der Waals surface area (Å²) in [5, 5.41) is 7.10. The van der Waals surface area contributed by atoms with E-state index in [9.17, 15) is 4.79 Å². The molecule has 0 saturated carbocycles. The van der Waals surface area contributed by atoms with Gasteiger partial charge in [0.05, 0.1) is 5.41 Å². The van der Waals surface area contributed by atoms with Crippen molar-refractivity contribution < 1.29 is 4.79 Å². The molecule has 3 nitrogen and oxygen atoms in total. The van der Waals surface area contributed by atoms with E-state index in [0.29, 0.717) is 5.02 Å². The van der Waals surface area contributed by atoms with Crippen LogP contribution in [0.2, 0.25) is 5.02 Å². The van der Waals surface area contributed by atoms with Gasteiger partial charge in [0.15, 0.2) is 0 Å². The van der Waals surface area contributed by atoms with E-state index in [1.807, 2.05) is 25.1 Å². The van der Waals surface area contributed by atoms with Gasteiger partial charge >= 0.3 is 0 Å². The highest BCUT2D eigenvalue weighted by atomic mass is 35.5. The third-order valence-electron chi connectivity index (χ3n) is 4.13. The molecule has 1 amide bonds. The molecule has 110 valence electrons. The second kappa shape index (κ2) is 6.59. The van der Waals surface area contributed by atoms with Crippen molar-refractivity contribution in [3.8, 4) is 0 Å². The van der Waals surface area contributed by atoms with Crippen LogP contribution in [0.4, 0.5) is 5.69 Å². The average Bonchev–Trinajstić information content (AvgIpc) is 2.44. The van der Waals surface area contributed by atoms with Crippen molar-refractivity contribution in [2.75, 3.05) is 18.4 Å². The molecule has 0 bridgehead atoms. The van der Waals surface area contributed by atoms with Crippen molar-refractivity contribution in [2.24, 2.45) is 5.41 Å². The number of nitrogens with one attached hydrogen (secondary N) is 2. The minimum Gasteiger partial charge on any atom is -0.325 e. The van der Waals surface area contributed by atoms with Crippen molar-refractivity contribution in [2.45, 2.75) is 39.5 Å². The second-order valence-electron chi connectivity index (χ2n) is 5.72. The zero-order valence-corrected chi connectivity index (χ0v) is 13.0. The Balaban J connectivity index is 2.18. The summed E-state index contributed by atoms with van der Waals surface area (Å²) in [4.78, 5) is 12.7. The van der Waals surface area contributed by atoms with Gasteiger partial charge in [-0.2, -0.15) is 0 Å². The molecule has 20 heavy (non-hydrogen) atoms. The molecular formula is C16H23ClN2O. The molecule has 1 aliphatic rings. The maximum atomic E-state index is 12.7. The number of carbonyl (C=O) groups is 1. The van der Waals surface area contributed by atoms with Crippen molar-refractivity contribution in [3.63, 3.8) is 0 Å². The lowest BCUT2D eigenvalue weighted by Crippen LogP contribution is -2.48. The standard InChI is InChI=1S/C16H23ClN2O/c1-3-7-16(8-4-9-18-11-16)15(20)19-14-10-13(17)6-5-12(14)2/h5-6,10,18H,3-4,7-9,11H2,1-2H3,(H,19,20). The van der Waals surface area contributed by atoms with Crippen LogP contribution in [0.1, 0.15) is 38.2 Å². The highest BCUT2D eigenvalue weighted by Gasteiger charge is 2.38. The molecule has 0 spiro atoms. The van der Waals surface area contributed by atoms with Crippen molar-refractivity contribution in [3.05, 3.63) is 28.8 Å². The van der Waals surface area contributed by atoms with Gasteiger partial charge < -0.3 is 10.6 Å². The number of amides is 1. The summed E-state index contributed by atoms with van der Waals surface area (Å²) in [5.74, 6) is 0.122. The lowest BCUT2D eigenvalue weighted by Gasteiger charge is -2.36. The van der Waals surface area contributed by atoms with Gasteiger partial charge in [-0.05, 0) is 50.4 Å². The van der Waals surface area contributed by atoms with Crippen LogP contribution >= 0.6 is 11.6 Å². The number of anilines is 1. The Morgan fingerprint density at radius 1 is 1.50 bits per heavy atom. The first-order valence-electron chi connectivity index (χ1n) is 7.36. The highest BCUT2D eigenvalue weighted by molar-refractivity contribution is 6.31. The van der Waals surface area contributed by atoms with Crippen LogP contribution < -0.4 is 10.6 Å². The minimum atomic E-state index is -0.276. The molecule has 1 aromatic rings. The van der Waals surface area contributed by atoms with E-state index in [4.69, 9.17) is 11.6 Å². The van der Waals surface area contributed by atoms with Crippen molar-refractivity contribution in [1.82, 2.24) is 5.32 Å². The molecule has 4 heteroatoms. The quantitative estimate of drug-likeness (QED) is 0.888. The third kappa shape index (κ3) is 3.33. The predicted molar refractivity (Wildman–Crippen MR) is 84.3 cm³/mol. The maximum Gasteiger partial charge on any atom is 0.231 e. The molecule has 0 aliphatic carbocycles. The fourth-order valence-electron chi connectivity index (χ4n) is 2.95. The smallest absolute Gasteiger partial charge is 0.231 e. The molecule has 1 heterocycles. The number of aryl methyl sites for hydroxylation is 1. The van der Waals surface area contributed by atoms with Gasteiger partial charge in [-0.15, -0.1) is 0 Å². The van der Waals surface area contributed by atoms with E-state index < -0.39 is 0 Å². The van der Waals surface area contributed by atoms with Gasteiger partial charge in [0.1, 0.15) is 0 Å². The van der Waals surface area contributed by atoms with E-state index >= 15 is 0 Å². The Hall–Kier alpha value is -1.06. The zero-order valence-electron chi connectivity index (χ0n) is 12.3. The van der Waals surface area contributed by atoms with Gasteiger partial charge in [0.2, 0.25) is 5.91 Å². The molecule has 2 N–H and O–H groups in total. The number of rotatable bonds is 4. The zero-order chi connectivity index (χ0) is 14.6. The summed E-state index contributed by atoms with van der Waals surface area (Å²) >= 11 is 6.02. The van der Waals surface area contributed by atoms with Gasteiger partial charge in [-0.1, -0.05) is 31.0 Å². The van der Waals surface area contributed by atoms with E-state index in [0.717, 1.165) is 50.0 Å². The number of carbonyl (C=O) groups excluding carboxylic acids is 1. The fraction of sp³-hybridized carbons (Fsp3) is 0.562. The summed E-state index contributed by atoms with van der Waals surface area (Å²) in [7, 11) is 0. The second-order valence-corrected chi connectivity index (χ2v) is 6.16. The topological polar surface area (TPSA) is 41.1 Å². The van der Waals surface area contributed by atoms with Gasteiger partial charge in [0, 0.05) is 17.3 Å². The van der Waals surface area contributed by atoms with Gasteiger partial charge in [-0.25, -0.2) is 0 Å². The van der Waals surface area contributed by atoms with Crippen LogP contribution in [0.25, 0.3) is 0 Å². The average molecular weight is 295 g/mol. The molecule has 1 aliphatic heterocycles. The normalized spacial score (nSPS) is 22.6. The first-order chi connectivity index (χ1) is 9.57. The van der Waals surface area contributed by atoms with Crippen molar-refractivity contribution in [1.29, 1.82) is 0 Å². The fourth-order valence-corrected chi connectivity index (χ4v) is 3.12. The summed E-state index contributed by atoms with van der Waals surface area (Å²) in [6.45, 7) is 5.90. The summed E-state index contributed by atoms with van der Waals surface area (Å²) in [5.41, 5.74) is 1.59. The Morgan fingerprint density at radius 2 is 2.30 bits per heavy atom. The predicted octanol–water partition coefficient (Wildman–Crippen LogP) is 3.76. The molecule has 2 rings (SSSR count). The molecule has 1 atom stereocenters. The Kier molecular flexibility index (Phi) is 5.06. The van der Waals surface area contributed by atoms with Crippen LogP contribution in [0, 0.1) is 12.3 Å². The van der Waals surface area contributed by atoms with Crippen LogP contribution in [-0.4, -0.2) is 19.0 Å². The van der Waals surface area contributed by atoms with Gasteiger partial charge in [0.25, 0.3) is 0 Å². The first kappa shape index (κ1) is 15.3. The van der Waals surface area contributed by atoms with Crippen LogP contribution in [0.15, 0.2) is 18.2 Å². The number of halogens is 1. The van der Waals surface area contributed by atoms with Crippen LogP contribution in [-0.2, 0) is 4.79 Å². The molecule has 0 aromatic heterocycles. The number of benzene rings is 1. The third-order valence-corrected chi connectivity index (χ3v) is 4.37. The number of hydrogen-bond donors (Lipinski definition) is 2. The Morgan fingerprint density at radius 3 is 2.95 bits per heavy atom. The molecule has 1 saturated heterocycles. The van der Waals surface area contributed by atoms with E-state index in [1.165, 1.54) is 0 Å². The Bertz CT molecular complexity index is 476. The molecular weight excluding hydrogens is 272 g/mol. The molecule has 0 radical (unpaired) electrons. The number of piperidine rings is 1. The molecule has 1 unspecified atom stereocenters. The monoisotopic (exact) mass is 294 g/mol. The highest BCUT2D eigenvalue weighted by Crippen LogP contribution is 2.33. The van der Waals surface area contributed by atoms with E-state index in [2.05, 4.69) is 17.6 Å². The largest absolute Gasteiger partial charge is 0.325 e. The number of hydrogen-bond acceptors (Lipinski definition) is 2. The van der Waals surface area contributed by atoms with Gasteiger partial charge in [-0.3, -0.25) is 4.79 Å². The molecule has 1 aromatic carbocycles. The van der Waals surface area contributed by atoms with Crippen LogP contribution in [0.3, 0.4) is 0 Å². The Labute approximate surface area is 126 Å². The van der Waals surface area contributed by atoms with E-state index in [1.54, 1.807) is 0 Å². The summed E-state index contributed by atoms with van der Waals surface area (Å²) < 4.78 is 0. The maximum absolute atomic E-state index is 12.7. The SMILES string of the molecule is CCCC1(C(=O)Nc2cc(Cl)ccc2C)CCCNC1. The lowest BCUT2D eigenvalue weighted by atomic mass is 9.76. The summed E-state index contributed by atoms with van der Waals surface area (Å²) in [6.07, 6.45) is 3.95. The van der Waals surface area contributed by atoms with Crippen molar-refractivity contribution >= 4 is 23.2 Å². The first-order valence-corrected chi connectivity index (χ1v) is 7.73. The van der Waals surface area contributed by atoms with E-state index in [-0.39, 0.29) is 11.3 Å².